The normalized spacial score (nSPS) is 14.8. The molecule has 7 heteroatoms. The molecular formula is C12H12AsNO4S. The van der Waals surface area contributed by atoms with Gasteiger partial charge in [-0.1, -0.05) is 0 Å². The van der Waals surface area contributed by atoms with Gasteiger partial charge in [-0.3, -0.25) is 0 Å². The molecule has 100 valence electrons. The Bertz CT molecular complexity index is 726. The SMILES string of the molecule is Nc1ccc([As](=O)(O)S(=O)(=O)c2ccccc2)cc1. The molecular weight excluding hydrogens is 329 g/mol. The summed E-state index contributed by atoms with van der Waals surface area (Å²) in [5, 5.41) is 0. The molecule has 2 aromatic carbocycles. The van der Waals surface area contributed by atoms with Gasteiger partial charge in [-0.2, -0.15) is 0 Å². The molecule has 0 aliphatic heterocycles. The summed E-state index contributed by atoms with van der Waals surface area (Å²) in [7, 11) is -4.27. The fourth-order valence-electron chi connectivity index (χ4n) is 1.54. The first kappa shape index (κ1) is 13.9. The van der Waals surface area contributed by atoms with Crippen molar-refractivity contribution in [2.24, 2.45) is 0 Å². The molecule has 0 saturated carbocycles. The second-order valence-electron chi connectivity index (χ2n) is 3.90. The van der Waals surface area contributed by atoms with Crippen LogP contribution < -0.4 is 10.1 Å². The van der Waals surface area contributed by atoms with Crippen LogP contribution >= 0.6 is 0 Å². The Morgan fingerprint density at radius 2 is 1.47 bits per heavy atom. The van der Waals surface area contributed by atoms with E-state index in [1.54, 1.807) is 6.07 Å². The van der Waals surface area contributed by atoms with Crippen LogP contribution in [0, 0.1) is 0 Å². The quantitative estimate of drug-likeness (QED) is 0.619. The van der Waals surface area contributed by atoms with Gasteiger partial charge in [0.25, 0.3) is 0 Å². The molecule has 0 aliphatic rings. The number of benzene rings is 2. The Labute approximate surface area is 112 Å². The average Bonchev–Trinajstić information content (AvgIpc) is 2.40. The predicted molar refractivity (Wildman–Crippen MR) is 72.8 cm³/mol. The maximum absolute atomic E-state index is 12.3. The molecule has 5 nitrogen and oxygen atoms in total. The first-order valence-electron chi connectivity index (χ1n) is 5.35. The van der Waals surface area contributed by atoms with Gasteiger partial charge < -0.3 is 0 Å². The van der Waals surface area contributed by atoms with Crippen LogP contribution in [0.5, 0.6) is 0 Å². The first-order valence-corrected chi connectivity index (χ1v) is 11.6. The Morgan fingerprint density at radius 3 is 2.00 bits per heavy atom. The number of hydrogen-bond donors (Lipinski definition) is 2. The van der Waals surface area contributed by atoms with E-state index in [-0.39, 0.29) is 9.25 Å². The van der Waals surface area contributed by atoms with Crippen LogP contribution in [-0.4, -0.2) is 25.2 Å². The third kappa shape index (κ3) is 2.47. The summed E-state index contributed by atoms with van der Waals surface area (Å²) in [6.45, 7) is 0. The molecule has 0 amide bonds. The van der Waals surface area contributed by atoms with E-state index in [4.69, 9.17) is 5.73 Å². The Balaban J connectivity index is 2.56. The molecule has 3 N–H and O–H groups in total. The van der Waals surface area contributed by atoms with Gasteiger partial charge in [-0.25, -0.2) is 0 Å². The van der Waals surface area contributed by atoms with Crippen LogP contribution in [0.2, 0.25) is 0 Å². The number of rotatable bonds is 3. The van der Waals surface area contributed by atoms with E-state index in [0.717, 1.165) is 0 Å². The minimum absolute atomic E-state index is 0.101. The average molecular weight is 341 g/mol. The van der Waals surface area contributed by atoms with Crippen molar-refractivity contribution in [1.82, 2.24) is 0 Å². The second-order valence-corrected chi connectivity index (χ2v) is 14.2. The van der Waals surface area contributed by atoms with Crippen LogP contribution in [0.1, 0.15) is 0 Å². The van der Waals surface area contributed by atoms with Crippen molar-refractivity contribution >= 4 is 30.8 Å². The Kier molecular flexibility index (Phi) is 3.58. The molecule has 0 spiro atoms. The summed E-state index contributed by atoms with van der Waals surface area (Å²) in [5.74, 6) is 0. The van der Waals surface area contributed by atoms with E-state index >= 15 is 0 Å². The van der Waals surface area contributed by atoms with Gasteiger partial charge in [-0.15, -0.1) is 0 Å². The third-order valence-electron chi connectivity index (χ3n) is 2.59. The van der Waals surface area contributed by atoms with Crippen molar-refractivity contribution in [1.29, 1.82) is 0 Å². The van der Waals surface area contributed by atoms with Gasteiger partial charge in [0.05, 0.1) is 0 Å². The number of anilines is 1. The van der Waals surface area contributed by atoms with E-state index in [2.05, 4.69) is 0 Å². The van der Waals surface area contributed by atoms with Crippen molar-refractivity contribution in [3.8, 4) is 0 Å². The van der Waals surface area contributed by atoms with Crippen molar-refractivity contribution in [3.05, 3.63) is 54.6 Å². The van der Waals surface area contributed by atoms with Gasteiger partial charge in [0.15, 0.2) is 0 Å². The van der Waals surface area contributed by atoms with Crippen molar-refractivity contribution in [2.45, 2.75) is 4.90 Å². The number of hydrogen-bond acceptors (Lipinski definition) is 4. The number of nitrogens with two attached hydrogens (primary N) is 1. The van der Waals surface area contributed by atoms with E-state index in [9.17, 15) is 16.3 Å². The molecule has 0 fully saturated rings. The molecule has 0 aliphatic carbocycles. The molecule has 0 saturated heterocycles. The van der Waals surface area contributed by atoms with Crippen LogP contribution in [-0.2, 0) is 11.8 Å². The molecule has 1 unspecified atom stereocenters. The van der Waals surface area contributed by atoms with Crippen molar-refractivity contribution in [2.75, 3.05) is 5.73 Å². The van der Waals surface area contributed by atoms with Gasteiger partial charge in [-0.05, 0) is 0 Å². The molecule has 2 rings (SSSR count). The monoisotopic (exact) mass is 341 g/mol. The zero-order valence-corrected chi connectivity index (χ0v) is 12.5. The fourth-order valence-corrected chi connectivity index (χ4v) is 8.65. The molecule has 0 aromatic heterocycles. The van der Waals surface area contributed by atoms with Gasteiger partial charge >= 0.3 is 112 Å². The van der Waals surface area contributed by atoms with Crippen molar-refractivity contribution < 1.29 is 16.3 Å². The molecule has 19 heavy (non-hydrogen) atoms. The van der Waals surface area contributed by atoms with Crippen LogP contribution in [0.15, 0.2) is 59.5 Å². The molecule has 0 radical (unpaired) electrons. The topological polar surface area (TPSA) is 97.5 Å². The summed E-state index contributed by atoms with van der Waals surface area (Å²) >= 11 is -5.30. The zero-order valence-electron chi connectivity index (χ0n) is 9.80. The first-order chi connectivity index (χ1) is 8.85. The summed E-state index contributed by atoms with van der Waals surface area (Å²) in [6.07, 6.45) is 0. The van der Waals surface area contributed by atoms with Gasteiger partial charge in [0.2, 0.25) is 0 Å². The Morgan fingerprint density at radius 1 is 0.947 bits per heavy atom. The molecule has 1 atom stereocenters. The minimum atomic E-state index is -5.30. The molecule has 0 heterocycles. The van der Waals surface area contributed by atoms with Gasteiger partial charge in [0.1, 0.15) is 0 Å². The zero-order chi connectivity index (χ0) is 14.1. The van der Waals surface area contributed by atoms with E-state index in [0.29, 0.717) is 5.69 Å². The maximum atomic E-state index is 12.3. The summed E-state index contributed by atoms with van der Waals surface area (Å²) in [6, 6.07) is 12.6. The number of nitrogen functional groups attached to an aromatic ring is 1. The second kappa shape index (κ2) is 4.89. The van der Waals surface area contributed by atoms with Crippen LogP contribution in [0.4, 0.5) is 5.69 Å². The van der Waals surface area contributed by atoms with E-state index in [1.165, 1.54) is 48.5 Å². The van der Waals surface area contributed by atoms with Crippen LogP contribution in [0.3, 0.4) is 0 Å². The Hall–Kier alpha value is -1.49. The molecule has 2 aromatic rings. The van der Waals surface area contributed by atoms with Crippen molar-refractivity contribution in [3.63, 3.8) is 0 Å². The molecule has 0 bridgehead atoms. The van der Waals surface area contributed by atoms with Gasteiger partial charge in [0, 0.05) is 0 Å². The van der Waals surface area contributed by atoms with Crippen LogP contribution in [0.25, 0.3) is 0 Å². The standard InChI is InChI=1S/C12H12AsNO4S/c14-11-8-6-10(7-9-11)13(15,16)19(17,18)12-4-2-1-3-5-12/h1-9H,14H2,(H,15,16). The van der Waals surface area contributed by atoms with E-state index < -0.39 is 20.8 Å². The van der Waals surface area contributed by atoms with E-state index in [1.807, 2.05) is 0 Å². The predicted octanol–water partition coefficient (Wildman–Crippen LogP) is 0.311. The summed E-state index contributed by atoms with van der Waals surface area (Å²) in [5.41, 5.74) is 5.88. The fraction of sp³-hybridized carbons (Fsp3) is 0. The summed E-state index contributed by atoms with van der Waals surface area (Å²) in [4.78, 5) is -0.156. The summed E-state index contributed by atoms with van der Waals surface area (Å²) < 4.78 is 46.7. The third-order valence-corrected chi connectivity index (χ3v) is 12.6.